The van der Waals surface area contributed by atoms with E-state index >= 15 is 0 Å². The molecule has 4 aromatic rings. The highest BCUT2D eigenvalue weighted by atomic mass is 19.1. The predicted octanol–water partition coefficient (Wildman–Crippen LogP) is 10.0. The van der Waals surface area contributed by atoms with Crippen LogP contribution in [-0.2, 0) is 18.3 Å². The van der Waals surface area contributed by atoms with Crippen LogP contribution in [0.4, 0.5) is 10.1 Å². The standard InChI is InChI=1S/C40H47FN2O/c1-8-25-42-38(44)34-15-9-29(10-16-34)26-37(33-17-21-35(22-18-33)39(3,4)5)28(2)43-36-23-19-32(20-24-36)31-13-11-30(12-14-31)27-40(6,7)41/h9-24,37,43H,2,8,25-27H2,1,3-7H3,(H,42,44). The van der Waals surface area contributed by atoms with Gasteiger partial charge in [-0.1, -0.05) is 107 Å². The second-order valence-corrected chi connectivity index (χ2v) is 13.4. The molecule has 3 nitrogen and oxygen atoms in total. The van der Waals surface area contributed by atoms with E-state index in [9.17, 15) is 9.18 Å². The lowest BCUT2D eigenvalue weighted by molar-refractivity contribution is 0.0953. The second kappa shape index (κ2) is 14.1. The summed E-state index contributed by atoms with van der Waals surface area (Å²) in [5.74, 6) is -0.0161. The summed E-state index contributed by atoms with van der Waals surface area (Å²) in [5, 5.41) is 6.52. The SMILES string of the molecule is C=C(Nc1ccc(-c2ccc(CC(C)(C)F)cc2)cc1)C(Cc1ccc(C(=O)NCCC)cc1)c1ccc(C(C)(C)C)cc1. The Morgan fingerprint density at radius 1 is 0.773 bits per heavy atom. The van der Waals surface area contributed by atoms with Crippen LogP contribution >= 0.6 is 0 Å². The first kappa shape index (κ1) is 32.7. The van der Waals surface area contributed by atoms with Crippen molar-refractivity contribution in [3.05, 3.63) is 137 Å². The van der Waals surface area contributed by atoms with Crippen molar-refractivity contribution in [3.63, 3.8) is 0 Å². The lowest BCUT2D eigenvalue weighted by Gasteiger charge is -2.24. The van der Waals surface area contributed by atoms with E-state index in [1.54, 1.807) is 13.8 Å². The Labute approximate surface area is 263 Å². The van der Waals surface area contributed by atoms with Gasteiger partial charge in [0.1, 0.15) is 5.67 Å². The van der Waals surface area contributed by atoms with Crippen molar-refractivity contribution in [2.75, 3.05) is 11.9 Å². The van der Waals surface area contributed by atoms with Crippen LogP contribution < -0.4 is 10.6 Å². The molecule has 0 spiro atoms. The average molecular weight is 591 g/mol. The van der Waals surface area contributed by atoms with Gasteiger partial charge in [-0.15, -0.1) is 0 Å². The normalized spacial score (nSPS) is 12.4. The molecule has 1 unspecified atom stereocenters. The molecule has 0 fully saturated rings. The average Bonchev–Trinajstić information content (AvgIpc) is 2.98. The minimum absolute atomic E-state index is 0.0239. The van der Waals surface area contributed by atoms with Crippen molar-refractivity contribution in [1.82, 2.24) is 5.32 Å². The first-order valence-electron chi connectivity index (χ1n) is 15.6. The Morgan fingerprint density at radius 3 is 1.84 bits per heavy atom. The number of halogens is 1. The molecule has 0 aliphatic heterocycles. The van der Waals surface area contributed by atoms with E-state index in [1.165, 1.54) is 11.1 Å². The van der Waals surface area contributed by atoms with Crippen LogP contribution in [0.5, 0.6) is 0 Å². The number of alkyl halides is 1. The maximum atomic E-state index is 14.1. The maximum Gasteiger partial charge on any atom is 0.251 e. The molecule has 0 heterocycles. The minimum Gasteiger partial charge on any atom is -0.359 e. The molecule has 0 saturated carbocycles. The Hall–Kier alpha value is -4.18. The lowest BCUT2D eigenvalue weighted by atomic mass is 9.84. The summed E-state index contributed by atoms with van der Waals surface area (Å²) in [6.07, 6.45) is 2.05. The third-order valence-corrected chi connectivity index (χ3v) is 7.89. The molecule has 4 aromatic carbocycles. The van der Waals surface area contributed by atoms with Gasteiger partial charge in [0.15, 0.2) is 0 Å². The van der Waals surface area contributed by atoms with Gasteiger partial charge in [0.25, 0.3) is 5.91 Å². The fourth-order valence-corrected chi connectivity index (χ4v) is 5.35. The molecule has 0 bridgehead atoms. The van der Waals surface area contributed by atoms with Gasteiger partial charge in [-0.05, 0) is 89.8 Å². The summed E-state index contributed by atoms with van der Waals surface area (Å²) in [6.45, 7) is 17.1. The van der Waals surface area contributed by atoms with E-state index < -0.39 is 5.67 Å². The molecule has 230 valence electrons. The number of nitrogens with one attached hydrogen (secondary N) is 2. The molecule has 1 atom stereocenters. The molecule has 0 aliphatic rings. The summed E-state index contributed by atoms with van der Waals surface area (Å²) in [4.78, 5) is 12.4. The second-order valence-electron chi connectivity index (χ2n) is 13.4. The molecule has 0 radical (unpaired) electrons. The van der Waals surface area contributed by atoms with Gasteiger partial charge in [-0.25, -0.2) is 4.39 Å². The maximum absolute atomic E-state index is 14.1. The summed E-state index contributed by atoms with van der Waals surface area (Å²) >= 11 is 0. The van der Waals surface area contributed by atoms with Gasteiger partial charge in [-0.3, -0.25) is 4.79 Å². The van der Waals surface area contributed by atoms with Crippen LogP contribution in [0.2, 0.25) is 0 Å². The largest absolute Gasteiger partial charge is 0.359 e. The van der Waals surface area contributed by atoms with Crippen molar-refractivity contribution in [2.45, 2.75) is 77.8 Å². The molecule has 0 aromatic heterocycles. The van der Waals surface area contributed by atoms with Crippen LogP contribution in [0.3, 0.4) is 0 Å². The van der Waals surface area contributed by atoms with Gasteiger partial charge >= 0.3 is 0 Å². The molecule has 4 heteroatoms. The molecule has 1 amide bonds. The zero-order valence-corrected chi connectivity index (χ0v) is 27.1. The number of carbonyl (C=O) groups is 1. The first-order valence-corrected chi connectivity index (χ1v) is 15.6. The smallest absolute Gasteiger partial charge is 0.251 e. The molecule has 0 saturated heterocycles. The zero-order valence-electron chi connectivity index (χ0n) is 27.1. The van der Waals surface area contributed by atoms with Crippen LogP contribution in [0.25, 0.3) is 11.1 Å². The quantitative estimate of drug-likeness (QED) is 0.172. The fraction of sp³-hybridized carbons (Fsp3) is 0.325. The number of anilines is 1. The van der Waals surface area contributed by atoms with E-state index in [2.05, 4.69) is 98.6 Å². The summed E-state index contributed by atoms with van der Waals surface area (Å²) in [7, 11) is 0. The van der Waals surface area contributed by atoms with E-state index in [4.69, 9.17) is 0 Å². The third kappa shape index (κ3) is 9.16. The molecule has 0 aliphatic carbocycles. The van der Waals surface area contributed by atoms with Crippen molar-refractivity contribution >= 4 is 11.6 Å². The van der Waals surface area contributed by atoms with Gasteiger partial charge in [-0.2, -0.15) is 0 Å². The minimum atomic E-state index is -1.22. The lowest BCUT2D eigenvalue weighted by Crippen LogP contribution is -2.23. The number of hydrogen-bond donors (Lipinski definition) is 2. The summed E-state index contributed by atoms with van der Waals surface area (Å²) in [6, 6.07) is 33.2. The fourth-order valence-electron chi connectivity index (χ4n) is 5.35. The van der Waals surface area contributed by atoms with Crippen LogP contribution in [0, 0.1) is 0 Å². The predicted molar refractivity (Wildman–Crippen MR) is 184 cm³/mol. The third-order valence-electron chi connectivity index (χ3n) is 7.89. The van der Waals surface area contributed by atoms with E-state index in [-0.39, 0.29) is 17.2 Å². The Balaban J connectivity index is 1.52. The molecule has 4 rings (SSSR count). The molecular weight excluding hydrogens is 543 g/mol. The zero-order chi connectivity index (χ0) is 31.9. The molecule has 44 heavy (non-hydrogen) atoms. The van der Waals surface area contributed by atoms with Crippen molar-refractivity contribution in [3.8, 4) is 11.1 Å². The number of allylic oxidation sites excluding steroid dienone is 1. The van der Waals surface area contributed by atoms with Crippen molar-refractivity contribution < 1.29 is 9.18 Å². The molecule has 2 N–H and O–H groups in total. The monoisotopic (exact) mass is 590 g/mol. The van der Waals surface area contributed by atoms with E-state index in [0.29, 0.717) is 18.5 Å². The number of hydrogen-bond acceptors (Lipinski definition) is 2. The number of benzene rings is 4. The summed E-state index contributed by atoms with van der Waals surface area (Å²) in [5.41, 5.74) is 8.20. The van der Waals surface area contributed by atoms with Gasteiger partial charge in [0.05, 0.1) is 0 Å². The first-order chi connectivity index (χ1) is 20.8. The number of carbonyl (C=O) groups excluding carboxylic acids is 1. The van der Waals surface area contributed by atoms with Crippen molar-refractivity contribution in [2.24, 2.45) is 0 Å². The van der Waals surface area contributed by atoms with Crippen LogP contribution in [0.15, 0.2) is 109 Å². The van der Waals surface area contributed by atoms with Crippen molar-refractivity contribution in [1.29, 1.82) is 0 Å². The highest BCUT2D eigenvalue weighted by Crippen LogP contribution is 2.32. The Morgan fingerprint density at radius 2 is 1.32 bits per heavy atom. The van der Waals surface area contributed by atoms with Gasteiger partial charge in [0.2, 0.25) is 0 Å². The Kier molecular flexibility index (Phi) is 10.5. The Bertz CT molecular complexity index is 1520. The van der Waals surface area contributed by atoms with E-state index in [1.807, 2.05) is 43.3 Å². The number of rotatable bonds is 12. The topological polar surface area (TPSA) is 41.1 Å². The highest BCUT2D eigenvalue weighted by Gasteiger charge is 2.20. The summed E-state index contributed by atoms with van der Waals surface area (Å²) < 4.78 is 14.1. The van der Waals surface area contributed by atoms with Gasteiger partial charge in [0, 0.05) is 35.8 Å². The van der Waals surface area contributed by atoms with Crippen LogP contribution in [-0.4, -0.2) is 18.1 Å². The molecular formula is C40H47FN2O. The van der Waals surface area contributed by atoms with Crippen LogP contribution in [0.1, 0.15) is 86.5 Å². The van der Waals surface area contributed by atoms with E-state index in [0.717, 1.165) is 46.5 Å². The highest BCUT2D eigenvalue weighted by molar-refractivity contribution is 5.94. The number of amides is 1. The van der Waals surface area contributed by atoms with Gasteiger partial charge < -0.3 is 10.6 Å².